The van der Waals surface area contributed by atoms with Crippen LogP contribution in [0.15, 0.2) is 41.5 Å². The summed E-state index contributed by atoms with van der Waals surface area (Å²) in [7, 11) is 0. The van der Waals surface area contributed by atoms with E-state index >= 15 is 0 Å². The van der Waals surface area contributed by atoms with E-state index in [1.54, 1.807) is 0 Å². The Labute approximate surface area is 108 Å². The number of hydrogen-bond donors (Lipinski definition) is 1. The van der Waals surface area contributed by atoms with E-state index in [0.29, 0.717) is 11.5 Å². The van der Waals surface area contributed by atoms with E-state index in [2.05, 4.69) is 22.7 Å². The van der Waals surface area contributed by atoms with Gasteiger partial charge in [0.1, 0.15) is 0 Å². The van der Waals surface area contributed by atoms with E-state index in [1.807, 2.05) is 37.4 Å². The van der Waals surface area contributed by atoms with E-state index in [4.69, 9.17) is 0 Å². The summed E-state index contributed by atoms with van der Waals surface area (Å²) >= 11 is 0. The van der Waals surface area contributed by atoms with Gasteiger partial charge in [0, 0.05) is 11.8 Å². The van der Waals surface area contributed by atoms with Crippen molar-refractivity contribution in [1.82, 2.24) is 5.43 Å². The molecule has 2 rings (SSSR count). The van der Waals surface area contributed by atoms with Crippen LogP contribution in [0.5, 0.6) is 0 Å². The fraction of sp³-hybridized carbons (Fsp3) is 0.333. The van der Waals surface area contributed by atoms with Crippen LogP contribution in [-0.4, -0.2) is 12.1 Å². The predicted octanol–water partition coefficient (Wildman–Crippen LogP) is 3.07. The number of hydrazone groups is 1. The number of benzene rings is 1. The Balaban J connectivity index is 1.86. The van der Waals surface area contributed by atoms with Gasteiger partial charge in [-0.2, -0.15) is 5.10 Å². The second-order valence-electron chi connectivity index (χ2n) is 4.63. The summed E-state index contributed by atoms with van der Waals surface area (Å²) < 4.78 is 0. The quantitative estimate of drug-likeness (QED) is 0.494. The van der Waals surface area contributed by atoms with Crippen LogP contribution in [0, 0.1) is 12.8 Å². The van der Waals surface area contributed by atoms with E-state index < -0.39 is 0 Å². The summed E-state index contributed by atoms with van der Waals surface area (Å²) in [5.41, 5.74) is 4.35. The Morgan fingerprint density at radius 3 is 2.78 bits per heavy atom. The van der Waals surface area contributed by atoms with Gasteiger partial charge in [0.05, 0.1) is 0 Å². The minimum absolute atomic E-state index is 0.155. The van der Waals surface area contributed by atoms with Crippen molar-refractivity contribution in [3.8, 4) is 0 Å². The van der Waals surface area contributed by atoms with Gasteiger partial charge >= 0.3 is 0 Å². The predicted molar refractivity (Wildman–Crippen MR) is 73.6 cm³/mol. The second-order valence-corrected chi connectivity index (χ2v) is 4.63. The van der Waals surface area contributed by atoms with Crippen LogP contribution in [0.2, 0.25) is 0 Å². The van der Waals surface area contributed by atoms with Crippen molar-refractivity contribution in [2.24, 2.45) is 11.0 Å². The number of aryl methyl sites for hydroxylation is 1. The summed E-state index contributed by atoms with van der Waals surface area (Å²) in [6.07, 6.45) is 9.43. The maximum Gasteiger partial charge on any atom is 0.271 e. The molecule has 1 atom stereocenters. The summed E-state index contributed by atoms with van der Waals surface area (Å²) in [5.74, 6) is 0.297. The lowest BCUT2D eigenvalue weighted by atomic mass is 9.96. The molecule has 0 heterocycles. The van der Waals surface area contributed by atoms with Crippen molar-refractivity contribution >= 4 is 12.1 Å². The molecular formula is C15H18N2O. The molecule has 0 aliphatic heterocycles. The number of rotatable bonds is 3. The first-order valence-electron chi connectivity index (χ1n) is 6.31. The molecule has 1 amide bonds. The average Bonchev–Trinajstić information content (AvgIpc) is 2.40. The Bertz CT molecular complexity index is 460. The van der Waals surface area contributed by atoms with E-state index in [-0.39, 0.29) is 5.91 Å². The van der Waals surface area contributed by atoms with Gasteiger partial charge in [-0.05, 0) is 44.2 Å². The lowest BCUT2D eigenvalue weighted by Gasteiger charge is -2.11. The van der Waals surface area contributed by atoms with E-state index in [9.17, 15) is 4.79 Å². The maximum atomic E-state index is 11.8. The Hall–Kier alpha value is -1.90. The van der Waals surface area contributed by atoms with E-state index in [0.717, 1.165) is 24.8 Å². The number of carbonyl (C=O) groups is 1. The lowest BCUT2D eigenvalue weighted by molar-refractivity contribution is 0.0955. The molecule has 0 aromatic heterocycles. The fourth-order valence-corrected chi connectivity index (χ4v) is 1.92. The first-order chi connectivity index (χ1) is 8.75. The van der Waals surface area contributed by atoms with Gasteiger partial charge in [-0.25, -0.2) is 5.43 Å². The highest BCUT2D eigenvalue weighted by molar-refractivity contribution is 5.94. The number of nitrogens with one attached hydrogen (secondary N) is 1. The topological polar surface area (TPSA) is 41.5 Å². The van der Waals surface area contributed by atoms with Gasteiger partial charge in [0.2, 0.25) is 0 Å². The molecule has 18 heavy (non-hydrogen) atoms. The number of allylic oxidation sites excluding steroid dienone is 2. The van der Waals surface area contributed by atoms with Crippen molar-refractivity contribution in [1.29, 1.82) is 0 Å². The van der Waals surface area contributed by atoms with Crippen molar-refractivity contribution in [3.63, 3.8) is 0 Å². The van der Waals surface area contributed by atoms with Crippen LogP contribution in [0.25, 0.3) is 0 Å². The van der Waals surface area contributed by atoms with Crippen LogP contribution in [-0.2, 0) is 0 Å². The highest BCUT2D eigenvalue weighted by Crippen LogP contribution is 2.15. The van der Waals surface area contributed by atoms with Gasteiger partial charge in [-0.1, -0.05) is 29.8 Å². The minimum Gasteiger partial charge on any atom is -0.267 e. The molecule has 0 spiro atoms. The van der Waals surface area contributed by atoms with Gasteiger partial charge in [-0.3, -0.25) is 4.79 Å². The maximum absolute atomic E-state index is 11.8. The van der Waals surface area contributed by atoms with Gasteiger partial charge in [-0.15, -0.1) is 0 Å². The summed E-state index contributed by atoms with van der Waals surface area (Å²) in [5, 5.41) is 4.04. The van der Waals surface area contributed by atoms with Gasteiger partial charge in [0.25, 0.3) is 5.91 Å². The zero-order valence-corrected chi connectivity index (χ0v) is 10.6. The Kier molecular flexibility index (Phi) is 4.29. The lowest BCUT2D eigenvalue weighted by Crippen LogP contribution is -2.18. The average molecular weight is 242 g/mol. The van der Waals surface area contributed by atoms with Crippen LogP contribution in [0.4, 0.5) is 0 Å². The molecule has 0 unspecified atom stereocenters. The summed E-state index contributed by atoms with van der Waals surface area (Å²) in [6.45, 7) is 2.00. The molecule has 1 aromatic carbocycles. The normalized spacial score (nSPS) is 19.1. The highest BCUT2D eigenvalue weighted by Gasteiger charge is 2.07. The number of carbonyl (C=O) groups excluding carboxylic acids is 1. The SMILES string of the molecule is Cc1ccc(C(=O)N/N=C\[C@H]2CC=CCC2)cc1. The van der Waals surface area contributed by atoms with Crippen LogP contribution in [0.1, 0.15) is 35.2 Å². The largest absolute Gasteiger partial charge is 0.271 e. The van der Waals surface area contributed by atoms with Crippen molar-refractivity contribution in [3.05, 3.63) is 47.5 Å². The first-order valence-corrected chi connectivity index (χ1v) is 6.31. The summed E-state index contributed by atoms with van der Waals surface area (Å²) in [4.78, 5) is 11.8. The Morgan fingerprint density at radius 1 is 1.33 bits per heavy atom. The molecule has 3 heteroatoms. The molecule has 0 bridgehead atoms. The van der Waals surface area contributed by atoms with Gasteiger partial charge < -0.3 is 0 Å². The highest BCUT2D eigenvalue weighted by atomic mass is 16.2. The number of hydrogen-bond acceptors (Lipinski definition) is 2. The molecule has 1 aliphatic rings. The third-order valence-corrected chi connectivity index (χ3v) is 3.07. The van der Waals surface area contributed by atoms with E-state index in [1.165, 1.54) is 0 Å². The Morgan fingerprint density at radius 2 is 2.11 bits per heavy atom. The zero-order valence-electron chi connectivity index (χ0n) is 10.6. The molecule has 0 saturated carbocycles. The van der Waals surface area contributed by atoms with Crippen LogP contribution < -0.4 is 5.43 Å². The van der Waals surface area contributed by atoms with Crippen molar-refractivity contribution in [2.75, 3.05) is 0 Å². The monoisotopic (exact) mass is 242 g/mol. The molecular weight excluding hydrogens is 224 g/mol. The minimum atomic E-state index is -0.155. The molecule has 0 saturated heterocycles. The third-order valence-electron chi connectivity index (χ3n) is 3.07. The third kappa shape index (κ3) is 3.55. The molecule has 0 radical (unpaired) electrons. The molecule has 1 aromatic rings. The standard InChI is InChI=1S/C15H18N2O/c1-12-7-9-14(10-8-12)15(18)17-16-11-13-5-3-2-4-6-13/h2-3,7-11,13H,4-6H2,1H3,(H,17,18)/b16-11-/t13-/m0/s1. The summed E-state index contributed by atoms with van der Waals surface area (Å²) in [6, 6.07) is 7.46. The zero-order chi connectivity index (χ0) is 12.8. The fourth-order valence-electron chi connectivity index (χ4n) is 1.92. The van der Waals surface area contributed by atoms with Crippen LogP contribution >= 0.6 is 0 Å². The molecule has 1 N–H and O–H groups in total. The first kappa shape index (κ1) is 12.6. The number of nitrogens with zero attached hydrogens (tertiary/aromatic N) is 1. The second kappa shape index (κ2) is 6.15. The smallest absolute Gasteiger partial charge is 0.267 e. The molecule has 94 valence electrons. The molecule has 1 aliphatic carbocycles. The molecule has 3 nitrogen and oxygen atoms in total. The van der Waals surface area contributed by atoms with Crippen molar-refractivity contribution < 1.29 is 4.79 Å². The van der Waals surface area contributed by atoms with Crippen molar-refractivity contribution in [2.45, 2.75) is 26.2 Å². The molecule has 0 fully saturated rings. The van der Waals surface area contributed by atoms with Gasteiger partial charge in [0.15, 0.2) is 0 Å². The van der Waals surface area contributed by atoms with Crippen LogP contribution in [0.3, 0.4) is 0 Å². The number of amides is 1.